The number of hydrogen-bond donors (Lipinski definition) is 0. The zero-order valence-electron chi connectivity index (χ0n) is 11.0. The van der Waals surface area contributed by atoms with Crippen molar-refractivity contribution < 1.29 is 4.74 Å². The first-order valence-corrected chi connectivity index (χ1v) is 6.86. The first-order chi connectivity index (χ1) is 8.08. The molecule has 1 aromatic heterocycles. The molecule has 0 aliphatic carbocycles. The van der Waals surface area contributed by atoms with E-state index in [2.05, 4.69) is 53.6 Å². The molecule has 1 aromatic rings. The second-order valence-corrected chi connectivity index (χ2v) is 5.10. The third kappa shape index (κ3) is 4.28. The molecule has 0 amide bonds. The van der Waals surface area contributed by atoms with Crippen molar-refractivity contribution >= 4 is 15.9 Å². The van der Waals surface area contributed by atoms with Crippen LogP contribution in [-0.2, 0) is 0 Å². The minimum Gasteiger partial charge on any atom is -0.473 e. The molecule has 0 radical (unpaired) electrons. The molecule has 96 valence electrons. The minimum absolute atomic E-state index is 0.138. The van der Waals surface area contributed by atoms with Crippen LogP contribution in [0.2, 0.25) is 0 Å². The highest BCUT2D eigenvalue weighted by Gasteiger charge is 2.20. The van der Waals surface area contributed by atoms with Gasteiger partial charge in [-0.25, -0.2) is 4.98 Å². The number of ether oxygens (including phenoxy) is 1. The zero-order valence-corrected chi connectivity index (χ0v) is 12.6. The Morgan fingerprint density at radius 3 is 2.59 bits per heavy atom. The molecule has 1 heterocycles. The van der Waals surface area contributed by atoms with Gasteiger partial charge in [-0.3, -0.25) is 0 Å². The van der Waals surface area contributed by atoms with Gasteiger partial charge >= 0.3 is 0 Å². The Balaban J connectivity index is 2.63. The lowest BCUT2D eigenvalue weighted by atomic mass is 10.1. The molecule has 0 saturated carbocycles. The van der Waals surface area contributed by atoms with Gasteiger partial charge in [-0.2, -0.15) is 0 Å². The molecule has 2 unspecified atom stereocenters. The maximum atomic E-state index is 5.87. The number of aromatic nitrogens is 1. The molecule has 0 aromatic carbocycles. The summed E-state index contributed by atoms with van der Waals surface area (Å²) in [5.41, 5.74) is 0. The van der Waals surface area contributed by atoms with Crippen LogP contribution >= 0.6 is 15.9 Å². The Labute approximate surface area is 112 Å². The molecule has 3 nitrogen and oxygen atoms in total. The molecule has 0 spiro atoms. The van der Waals surface area contributed by atoms with Crippen LogP contribution in [0.4, 0.5) is 0 Å². The van der Waals surface area contributed by atoms with Gasteiger partial charge in [-0.1, -0.05) is 13.8 Å². The Morgan fingerprint density at radius 2 is 2.12 bits per heavy atom. The fourth-order valence-corrected chi connectivity index (χ4v) is 2.17. The lowest BCUT2D eigenvalue weighted by Crippen LogP contribution is -2.42. The lowest BCUT2D eigenvalue weighted by molar-refractivity contribution is 0.0915. The Hall–Kier alpha value is -0.610. The van der Waals surface area contributed by atoms with Gasteiger partial charge in [-0.15, -0.1) is 0 Å². The van der Waals surface area contributed by atoms with Crippen LogP contribution in [-0.4, -0.2) is 35.6 Å². The van der Waals surface area contributed by atoms with E-state index < -0.39 is 0 Å². The molecule has 4 heteroatoms. The summed E-state index contributed by atoms with van der Waals surface area (Å²) in [6.07, 6.45) is 2.97. The minimum atomic E-state index is 0.138. The monoisotopic (exact) mass is 300 g/mol. The van der Waals surface area contributed by atoms with Crippen molar-refractivity contribution in [3.63, 3.8) is 0 Å². The summed E-state index contributed by atoms with van der Waals surface area (Å²) in [6.45, 7) is 7.48. The van der Waals surface area contributed by atoms with Crippen molar-refractivity contribution in [2.75, 3.05) is 13.6 Å². The number of hydrogen-bond acceptors (Lipinski definition) is 3. The molecule has 0 bridgehead atoms. The van der Waals surface area contributed by atoms with Gasteiger partial charge in [0.05, 0.1) is 0 Å². The highest BCUT2D eigenvalue weighted by atomic mass is 79.9. The first-order valence-electron chi connectivity index (χ1n) is 6.06. The van der Waals surface area contributed by atoms with Gasteiger partial charge in [0.1, 0.15) is 6.10 Å². The highest BCUT2D eigenvalue weighted by molar-refractivity contribution is 9.10. The third-order valence-corrected chi connectivity index (χ3v) is 3.50. The van der Waals surface area contributed by atoms with Crippen molar-refractivity contribution in [3.8, 4) is 5.88 Å². The summed E-state index contributed by atoms with van der Waals surface area (Å²) in [5.74, 6) is 0.684. The molecule has 0 saturated heterocycles. The van der Waals surface area contributed by atoms with Crippen molar-refractivity contribution in [2.24, 2.45) is 0 Å². The summed E-state index contributed by atoms with van der Waals surface area (Å²) in [6, 6.07) is 4.25. The molecular formula is C13H21BrN2O. The van der Waals surface area contributed by atoms with E-state index in [1.54, 1.807) is 6.20 Å². The van der Waals surface area contributed by atoms with E-state index in [0.29, 0.717) is 11.9 Å². The van der Waals surface area contributed by atoms with Gasteiger partial charge in [0.15, 0.2) is 0 Å². The van der Waals surface area contributed by atoms with Crippen LogP contribution in [0.15, 0.2) is 22.8 Å². The zero-order chi connectivity index (χ0) is 12.8. The fourth-order valence-electron chi connectivity index (χ4n) is 1.94. The van der Waals surface area contributed by atoms with Crippen molar-refractivity contribution in [1.29, 1.82) is 0 Å². The molecule has 0 aliphatic heterocycles. The standard InChI is InChI=1S/C13H21BrN2O/c1-5-12(16(4)6-2)10(3)17-13-8-7-11(14)9-15-13/h7-10,12H,5-6H2,1-4H3. The predicted molar refractivity (Wildman–Crippen MR) is 74.4 cm³/mol. The molecule has 0 aliphatic rings. The molecule has 0 N–H and O–H groups in total. The van der Waals surface area contributed by atoms with Crippen LogP contribution in [0.5, 0.6) is 5.88 Å². The van der Waals surface area contributed by atoms with E-state index in [9.17, 15) is 0 Å². The second kappa shape index (κ2) is 6.97. The van der Waals surface area contributed by atoms with Crippen molar-refractivity contribution in [3.05, 3.63) is 22.8 Å². The van der Waals surface area contributed by atoms with E-state index in [1.165, 1.54) is 0 Å². The largest absolute Gasteiger partial charge is 0.473 e. The van der Waals surface area contributed by atoms with E-state index in [-0.39, 0.29) is 6.10 Å². The average Bonchev–Trinajstić information content (AvgIpc) is 2.32. The van der Waals surface area contributed by atoms with E-state index in [1.807, 2.05) is 12.1 Å². The maximum Gasteiger partial charge on any atom is 0.213 e. The number of rotatable bonds is 6. The second-order valence-electron chi connectivity index (χ2n) is 4.19. The van der Waals surface area contributed by atoms with Crippen LogP contribution < -0.4 is 4.74 Å². The van der Waals surface area contributed by atoms with Gasteiger partial charge < -0.3 is 9.64 Å². The molecule has 0 fully saturated rings. The quantitative estimate of drug-likeness (QED) is 0.806. The predicted octanol–water partition coefficient (Wildman–Crippen LogP) is 3.34. The van der Waals surface area contributed by atoms with Crippen LogP contribution in [0.25, 0.3) is 0 Å². The van der Waals surface area contributed by atoms with Crippen LogP contribution in [0, 0.1) is 0 Å². The maximum absolute atomic E-state index is 5.87. The Bertz CT molecular complexity index is 329. The Kier molecular flexibility index (Phi) is 5.92. The van der Waals surface area contributed by atoms with Crippen LogP contribution in [0.1, 0.15) is 27.2 Å². The summed E-state index contributed by atoms with van der Waals surface area (Å²) < 4.78 is 6.84. The average molecular weight is 301 g/mol. The van der Waals surface area contributed by atoms with Crippen molar-refractivity contribution in [1.82, 2.24) is 9.88 Å². The number of halogens is 1. The molecule has 17 heavy (non-hydrogen) atoms. The SMILES string of the molecule is CCC(C(C)Oc1ccc(Br)cn1)N(C)CC. The summed E-state index contributed by atoms with van der Waals surface area (Å²) >= 11 is 3.36. The summed E-state index contributed by atoms with van der Waals surface area (Å²) in [4.78, 5) is 6.54. The number of likely N-dealkylation sites (N-methyl/N-ethyl adjacent to an activating group) is 1. The molecule has 1 rings (SSSR count). The Morgan fingerprint density at radius 1 is 1.41 bits per heavy atom. The smallest absolute Gasteiger partial charge is 0.213 e. The van der Waals surface area contributed by atoms with Gasteiger partial charge in [0, 0.05) is 22.8 Å². The number of pyridine rings is 1. The fraction of sp³-hybridized carbons (Fsp3) is 0.615. The number of nitrogens with zero attached hydrogens (tertiary/aromatic N) is 2. The summed E-state index contributed by atoms with van der Waals surface area (Å²) in [7, 11) is 2.13. The summed E-state index contributed by atoms with van der Waals surface area (Å²) in [5, 5.41) is 0. The van der Waals surface area contributed by atoms with Gasteiger partial charge in [0.25, 0.3) is 0 Å². The molecular weight excluding hydrogens is 280 g/mol. The van der Waals surface area contributed by atoms with Crippen molar-refractivity contribution in [2.45, 2.75) is 39.3 Å². The van der Waals surface area contributed by atoms with E-state index >= 15 is 0 Å². The highest BCUT2D eigenvalue weighted by Crippen LogP contribution is 2.16. The third-order valence-electron chi connectivity index (χ3n) is 3.03. The van der Waals surface area contributed by atoms with Gasteiger partial charge in [-0.05, 0) is 48.9 Å². The lowest BCUT2D eigenvalue weighted by Gasteiger charge is -2.31. The van der Waals surface area contributed by atoms with Crippen LogP contribution in [0.3, 0.4) is 0 Å². The molecule has 2 atom stereocenters. The topological polar surface area (TPSA) is 25.4 Å². The first kappa shape index (κ1) is 14.5. The van der Waals surface area contributed by atoms with Gasteiger partial charge in [0.2, 0.25) is 5.88 Å². The normalized spacial score (nSPS) is 14.7. The van der Waals surface area contributed by atoms with E-state index in [0.717, 1.165) is 17.4 Å². The van der Waals surface area contributed by atoms with E-state index in [4.69, 9.17) is 4.74 Å².